The highest BCUT2D eigenvalue weighted by atomic mass is 79.9. The summed E-state index contributed by atoms with van der Waals surface area (Å²) in [5.74, 6) is -0.292. The average molecular weight is 320 g/mol. The number of halogens is 1. The molecule has 2 heterocycles. The first-order valence-electron chi connectivity index (χ1n) is 5.34. The second-order valence-electron chi connectivity index (χ2n) is 3.81. The van der Waals surface area contributed by atoms with E-state index in [1.807, 2.05) is 6.07 Å². The molecule has 1 aliphatic heterocycles. The molecule has 1 saturated heterocycles. The molecule has 4 nitrogen and oxygen atoms in total. The maximum absolute atomic E-state index is 11.4. The van der Waals surface area contributed by atoms with Crippen molar-refractivity contribution in [1.29, 1.82) is 0 Å². The van der Waals surface area contributed by atoms with Gasteiger partial charge in [-0.3, -0.25) is 4.90 Å². The van der Waals surface area contributed by atoms with Crippen LogP contribution in [0.1, 0.15) is 4.88 Å². The van der Waals surface area contributed by atoms with Crippen molar-refractivity contribution >= 4 is 33.2 Å². The molecule has 0 aromatic carbocycles. The van der Waals surface area contributed by atoms with Gasteiger partial charge in [0, 0.05) is 29.0 Å². The number of nitrogens with zero attached hydrogens (tertiary/aromatic N) is 1. The van der Waals surface area contributed by atoms with Gasteiger partial charge >= 0.3 is 5.97 Å². The zero-order valence-electron chi connectivity index (χ0n) is 9.52. The molecule has 0 N–H and O–H groups in total. The second kappa shape index (κ2) is 5.95. The Labute approximate surface area is 113 Å². The maximum atomic E-state index is 11.4. The molecule has 0 amide bonds. The molecule has 0 radical (unpaired) electrons. The first kappa shape index (κ1) is 13.0. The van der Waals surface area contributed by atoms with E-state index in [0.717, 1.165) is 17.6 Å². The van der Waals surface area contributed by atoms with Crippen molar-refractivity contribution in [2.24, 2.45) is 0 Å². The lowest BCUT2D eigenvalue weighted by molar-refractivity contribution is -0.159. The Morgan fingerprint density at radius 3 is 3.24 bits per heavy atom. The third-order valence-electron chi connectivity index (χ3n) is 2.67. The van der Waals surface area contributed by atoms with E-state index in [-0.39, 0.29) is 5.97 Å². The summed E-state index contributed by atoms with van der Waals surface area (Å²) < 4.78 is 11.2. The minimum Gasteiger partial charge on any atom is -0.467 e. The van der Waals surface area contributed by atoms with Crippen LogP contribution < -0.4 is 0 Å². The van der Waals surface area contributed by atoms with Gasteiger partial charge in [0.1, 0.15) is 0 Å². The summed E-state index contributed by atoms with van der Waals surface area (Å²) in [5.41, 5.74) is 0. The monoisotopic (exact) mass is 319 g/mol. The van der Waals surface area contributed by atoms with E-state index >= 15 is 0 Å². The van der Waals surface area contributed by atoms with Crippen LogP contribution >= 0.6 is 27.3 Å². The van der Waals surface area contributed by atoms with Gasteiger partial charge < -0.3 is 9.47 Å². The van der Waals surface area contributed by atoms with Crippen LogP contribution in [0.2, 0.25) is 0 Å². The van der Waals surface area contributed by atoms with Crippen LogP contribution in [0.3, 0.4) is 0 Å². The fraction of sp³-hybridized carbons (Fsp3) is 0.545. The molecule has 1 unspecified atom stereocenters. The molecule has 1 atom stereocenters. The highest BCUT2D eigenvalue weighted by Gasteiger charge is 2.27. The summed E-state index contributed by atoms with van der Waals surface area (Å²) in [6.07, 6.45) is -0.451. The minimum absolute atomic E-state index is 0.292. The number of carbonyl (C=O) groups excluding carboxylic acids is 1. The number of esters is 1. The van der Waals surface area contributed by atoms with Crippen molar-refractivity contribution in [3.8, 4) is 0 Å². The molecule has 2 rings (SSSR count). The summed E-state index contributed by atoms with van der Waals surface area (Å²) >= 11 is 5.22. The van der Waals surface area contributed by atoms with Gasteiger partial charge in [0.15, 0.2) is 6.10 Å². The highest BCUT2D eigenvalue weighted by molar-refractivity contribution is 9.10. The molecule has 1 fully saturated rings. The van der Waals surface area contributed by atoms with E-state index in [2.05, 4.69) is 26.2 Å². The first-order chi connectivity index (χ1) is 8.20. The Kier molecular flexibility index (Phi) is 4.55. The van der Waals surface area contributed by atoms with E-state index in [4.69, 9.17) is 9.47 Å². The average Bonchev–Trinajstić information content (AvgIpc) is 2.74. The van der Waals surface area contributed by atoms with Gasteiger partial charge in [-0.15, -0.1) is 11.3 Å². The van der Waals surface area contributed by atoms with Crippen molar-refractivity contribution in [3.63, 3.8) is 0 Å². The molecule has 0 saturated carbocycles. The van der Waals surface area contributed by atoms with Gasteiger partial charge in [0.2, 0.25) is 0 Å². The Hall–Kier alpha value is -0.430. The summed E-state index contributed by atoms with van der Waals surface area (Å²) in [6, 6.07) is 2.04. The van der Waals surface area contributed by atoms with Gasteiger partial charge in [-0.05, 0) is 27.4 Å². The summed E-state index contributed by atoms with van der Waals surface area (Å²) in [6.45, 7) is 2.85. The van der Waals surface area contributed by atoms with Crippen LogP contribution in [-0.2, 0) is 20.8 Å². The number of carbonyl (C=O) groups is 1. The third kappa shape index (κ3) is 3.28. The quantitative estimate of drug-likeness (QED) is 0.797. The number of hydrogen-bond acceptors (Lipinski definition) is 5. The van der Waals surface area contributed by atoms with Crippen molar-refractivity contribution in [2.45, 2.75) is 12.6 Å². The number of methoxy groups -OCH3 is 1. The van der Waals surface area contributed by atoms with Gasteiger partial charge in [-0.1, -0.05) is 0 Å². The lowest BCUT2D eigenvalue weighted by Gasteiger charge is -2.31. The van der Waals surface area contributed by atoms with Crippen LogP contribution in [0, 0.1) is 0 Å². The number of morpholine rings is 1. The molecule has 1 aliphatic rings. The minimum atomic E-state index is -0.451. The molecule has 0 aliphatic carbocycles. The Morgan fingerprint density at radius 1 is 1.76 bits per heavy atom. The molecular formula is C11H14BrNO3S. The summed E-state index contributed by atoms with van der Waals surface area (Å²) in [7, 11) is 1.39. The van der Waals surface area contributed by atoms with Gasteiger partial charge in [0.25, 0.3) is 0 Å². The van der Waals surface area contributed by atoms with E-state index in [1.54, 1.807) is 11.3 Å². The third-order valence-corrected chi connectivity index (χ3v) is 4.58. The zero-order valence-corrected chi connectivity index (χ0v) is 11.9. The van der Waals surface area contributed by atoms with Gasteiger partial charge in [-0.2, -0.15) is 0 Å². The van der Waals surface area contributed by atoms with E-state index in [0.29, 0.717) is 13.2 Å². The Morgan fingerprint density at radius 2 is 2.59 bits per heavy atom. The molecule has 17 heavy (non-hydrogen) atoms. The first-order valence-corrected chi connectivity index (χ1v) is 7.01. The molecule has 0 bridgehead atoms. The van der Waals surface area contributed by atoms with Crippen LogP contribution in [0.25, 0.3) is 0 Å². The normalized spacial score (nSPS) is 21.4. The van der Waals surface area contributed by atoms with E-state index in [1.165, 1.54) is 12.0 Å². The predicted octanol–water partition coefficient (Wildman–Crippen LogP) is 1.88. The SMILES string of the molecule is COC(=O)C1CN(Cc2sccc2Br)CCO1. The van der Waals surface area contributed by atoms with Crippen LogP contribution in [-0.4, -0.2) is 43.8 Å². The number of thiophene rings is 1. The zero-order chi connectivity index (χ0) is 12.3. The number of ether oxygens (including phenoxy) is 2. The molecule has 1 aromatic heterocycles. The molecule has 0 spiro atoms. The number of rotatable bonds is 3. The lowest BCUT2D eigenvalue weighted by Crippen LogP contribution is -2.45. The Bertz CT molecular complexity index is 396. The smallest absolute Gasteiger partial charge is 0.336 e. The summed E-state index contributed by atoms with van der Waals surface area (Å²) in [5, 5.41) is 2.05. The topological polar surface area (TPSA) is 38.8 Å². The molecular weight excluding hydrogens is 306 g/mol. The second-order valence-corrected chi connectivity index (χ2v) is 5.66. The van der Waals surface area contributed by atoms with Gasteiger partial charge in [-0.25, -0.2) is 4.79 Å². The van der Waals surface area contributed by atoms with Crippen molar-refractivity contribution < 1.29 is 14.3 Å². The van der Waals surface area contributed by atoms with E-state index in [9.17, 15) is 4.79 Å². The molecule has 94 valence electrons. The molecule has 1 aromatic rings. The lowest BCUT2D eigenvalue weighted by atomic mass is 10.2. The number of hydrogen-bond donors (Lipinski definition) is 0. The standard InChI is InChI=1S/C11H14BrNO3S/c1-15-11(14)9-6-13(3-4-16-9)7-10-8(12)2-5-17-10/h2,5,9H,3-4,6-7H2,1H3. The predicted molar refractivity (Wildman–Crippen MR) is 69.1 cm³/mol. The largest absolute Gasteiger partial charge is 0.467 e. The van der Waals surface area contributed by atoms with Gasteiger partial charge in [0.05, 0.1) is 13.7 Å². The fourth-order valence-electron chi connectivity index (χ4n) is 1.76. The van der Waals surface area contributed by atoms with E-state index < -0.39 is 6.10 Å². The van der Waals surface area contributed by atoms with Crippen LogP contribution in [0.5, 0.6) is 0 Å². The van der Waals surface area contributed by atoms with Crippen LogP contribution in [0.15, 0.2) is 15.9 Å². The summed E-state index contributed by atoms with van der Waals surface area (Å²) in [4.78, 5) is 14.9. The highest BCUT2D eigenvalue weighted by Crippen LogP contribution is 2.24. The van der Waals surface area contributed by atoms with Crippen molar-refractivity contribution in [1.82, 2.24) is 4.90 Å². The van der Waals surface area contributed by atoms with Crippen LogP contribution in [0.4, 0.5) is 0 Å². The fourth-order valence-corrected chi connectivity index (χ4v) is 3.28. The Balaban J connectivity index is 1.94. The van der Waals surface area contributed by atoms with Crippen molar-refractivity contribution in [3.05, 3.63) is 20.8 Å². The molecule has 6 heteroatoms. The maximum Gasteiger partial charge on any atom is 0.336 e. The van der Waals surface area contributed by atoms with Crippen molar-refractivity contribution in [2.75, 3.05) is 26.8 Å².